The van der Waals surface area contributed by atoms with Gasteiger partial charge in [-0.3, -0.25) is 0 Å². The minimum Gasteiger partial charge on any atom is -0.485 e. The lowest BCUT2D eigenvalue weighted by Gasteiger charge is -2.32. The van der Waals surface area contributed by atoms with Crippen molar-refractivity contribution in [2.45, 2.75) is 18.6 Å². The zero-order valence-corrected chi connectivity index (χ0v) is 12.7. The molecule has 0 radical (unpaired) electrons. The molecule has 4 heteroatoms. The minimum atomic E-state index is -0.228. The molecule has 3 rings (SSSR count). The van der Waals surface area contributed by atoms with Gasteiger partial charge < -0.3 is 10.1 Å². The molecule has 0 aromatic heterocycles. The molecule has 1 heterocycles. The van der Waals surface area contributed by atoms with Gasteiger partial charge in [-0.25, -0.2) is 4.39 Å². The molecule has 2 nitrogen and oxygen atoms in total. The molecule has 0 aliphatic carbocycles. The molecule has 0 spiro atoms. The second-order valence-corrected chi connectivity index (χ2v) is 5.84. The Morgan fingerprint density at radius 1 is 1.25 bits per heavy atom. The average Bonchev–Trinajstić information content (AvgIpc) is 2.46. The molecule has 2 unspecified atom stereocenters. The topological polar surface area (TPSA) is 21.3 Å². The Morgan fingerprint density at radius 3 is 2.85 bits per heavy atom. The first-order valence-corrected chi connectivity index (χ1v) is 7.35. The van der Waals surface area contributed by atoms with Crippen LogP contribution in [0.5, 0.6) is 5.75 Å². The van der Waals surface area contributed by atoms with E-state index in [0.717, 1.165) is 27.8 Å². The van der Waals surface area contributed by atoms with E-state index in [1.807, 2.05) is 19.2 Å². The number of fused-ring (bicyclic) bond motifs is 1. The van der Waals surface area contributed by atoms with E-state index >= 15 is 0 Å². The first-order valence-electron chi connectivity index (χ1n) is 6.56. The Morgan fingerprint density at radius 2 is 2.10 bits per heavy atom. The molecular formula is C16H15BrFNO. The fourth-order valence-electron chi connectivity index (χ4n) is 2.63. The Kier molecular flexibility index (Phi) is 3.76. The summed E-state index contributed by atoms with van der Waals surface area (Å²) >= 11 is 3.48. The Balaban J connectivity index is 1.96. The first-order chi connectivity index (χ1) is 9.67. The van der Waals surface area contributed by atoms with Crippen LogP contribution in [0, 0.1) is 5.82 Å². The fourth-order valence-corrected chi connectivity index (χ4v) is 3.04. The Labute approximate surface area is 126 Å². The summed E-state index contributed by atoms with van der Waals surface area (Å²) in [7, 11) is 1.89. The van der Waals surface area contributed by atoms with E-state index < -0.39 is 0 Å². The molecule has 1 N–H and O–H groups in total. The molecule has 2 aromatic carbocycles. The van der Waals surface area contributed by atoms with Crippen LogP contribution in [0.1, 0.15) is 29.7 Å². The third-order valence-electron chi connectivity index (χ3n) is 3.64. The van der Waals surface area contributed by atoms with Gasteiger partial charge in [-0.1, -0.05) is 28.1 Å². The summed E-state index contributed by atoms with van der Waals surface area (Å²) in [5.41, 5.74) is 2.01. The zero-order valence-electron chi connectivity index (χ0n) is 11.1. The van der Waals surface area contributed by atoms with Crippen LogP contribution in [0.3, 0.4) is 0 Å². The highest BCUT2D eigenvalue weighted by atomic mass is 79.9. The van der Waals surface area contributed by atoms with Gasteiger partial charge in [0.25, 0.3) is 0 Å². The van der Waals surface area contributed by atoms with Crippen molar-refractivity contribution in [2.24, 2.45) is 0 Å². The van der Waals surface area contributed by atoms with Crippen LogP contribution in [0.25, 0.3) is 0 Å². The maximum atomic E-state index is 13.4. The largest absolute Gasteiger partial charge is 0.485 e. The van der Waals surface area contributed by atoms with Crippen LogP contribution >= 0.6 is 15.9 Å². The van der Waals surface area contributed by atoms with Gasteiger partial charge in [-0.2, -0.15) is 0 Å². The van der Waals surface area contributed by atoms with Gasteiger partial charge >= 0.3 is 0 Å². The maximum Gasteiger partial charge on any atom is 0.126 e. The number of hydrogen-bond acceptors (Lipinski definition) is 2. The normalized spacial score (nSPS) is 21.1. The monoisotopic (exact) mass is 335 g/mol. The standard InChI is InChI=1S/C16H15BrFNO/c1-19-14-9-16(10-3-2-4-11(17)7-10)20-15-6-5-12(18)8-13(14)15/h2-8,14,16,19H,9H2,1H3. The molecule has 0 saturated heterocycles. The average molecular weight is 336 g/mol. The van der Waals surface area contributed by atoms with Crippen LogP contribution in [-0.4, -0.2) is 7.05 Å². The molecule has 0 bridgehead atoms. The highest BCUT2D eigenvalue weighted by Gasteiger charge is 2.28. The Hall–Kier alpha value is -1.39. The SMILES string of the molecule is CNC1CC(c2cccc(Br)c2)Oc2ccc(F)cc21. The lowest BCUT2D eigenvalue weighted by atomic mass is 9.93. The molecule has 2 aromatic rings. The summed E-state index contributed by atoms with van der Waals surface area (Å²) < 4.78 is 20.5. The second-order valence-electron chi connectivity index (χ2n) is 4.92. The van der Waals surface area contributed by atoms with Crippen LogP contribution in [0.15, 0.2) is 46.9 Å². The summed E-state index contributed by atoms with van der Waals surface area (Å²) in [6.45, 7) is 0. The van der Waals surface area contributed by atoms with E-state index in [1.54, 1.807) is 12.1 Å². The van der Waals surface area contributed by atoms with Crippen molar-refractivity contribution in [3.63, 3.8) is 0 Å². The zero-order chi connectivity index (χ0) is 14.1. The summed E-state index contributed by atoms with van der Waals surface area (Å²) in [6, 6.07) is 12.9. The van der Waals surface area contributed by atoms with Crippen molar-refractivity contribution in [1.29, 1.82) is 0 Å². The summed E-state index contributed by atoms with van der Waals surface area (Å²) in [5, 5.41) is 3.24. The van der Waals surface area contributed by atoms with Crippen molar-refractivity contribution < 1.29 is 9.13 Å². The number of halogens is 2. The van der Waals surface area contributed by atoms with Gasteiger partial charge in [0.2, 0.25) is 0 Å². The molecule has 0 amide bonds. The molecule has 104 valence electrons. The van der Waals surface area contributed by atoms with E-state index in [0.29, 0.717) is 0 Å². The first kappa shape index (κ1) is 13.6. The second kappa shape index (κ2) is 5.54. The predicted octanol–water partition coefficient (Wildman–Crippen LogP) is 4.37. The van der Waals surface area contributed by atoms with Gasteiger partial charge in [-0.15, -0.1) is 0 Å². The van der Waals surface area contributed by atoms with Gasteiger partial charge in [0, 0.05) is 22.5 Å². The summed E-state index contributed by atoms with van der Waals surface area (Å²) in [5.74, 6) is 0.524. The van der Waals surface area contributed by atoms with Crippen molar-refractivity contribution in [3.05, 3.63) is 63.9 Å². The fraction of sp³-hybridized carbons (Fsp3) is 0.250. The van der Waals surface area contributed by atoms with E-state index in [2.05, 4.69) is 33.4 Å². The molecule has 0 saturated carbocycles. The number of ether oxygens (including phenoxy) is 1. The van der Waals surface area contributed by atoms with Gasteiger partial charge in [0.1, 0.15) is 17.7 Å². The van der Waals surface area contributed by atoms with Crippen molar-refractivity contribution >= 4 is 15.9 Å². The number of nitrogens with one attached hydrogen (secondary N) is 1. The lowest BCUT2D eigenvalue weighted by molar-refractivity contribution is 0.153. The van der Waals surface area contributed by atoms with E-state index in [1.165, 1.54) is 6.07 Å². The number of benzene rings is 2. The third-order valence-corrected chi connectivity index (χ3v) is 4.13. The quantitative estimate of drug-likeness (QED) is 0.879. The van der Waals surface area contributed by atoms with E-state index in [-0.39, 0.29) is 18.0 Å². The highest BCUT2D eigenvalue weighted by Crippen LogP contribution is 2.41. The molecule has 0 fully saturated rings. The van der Waals surface area contributed by atoms with Crippen molar-refractivity contribution in [3.8, 4) is 5.75 Å². The van der Waals surface area contributed by atoms with Crippen molar-refractivity contribution in [2.75, 3.05) is 7.05 Å². The molecular weight excluding hydrogens is 321 g/mol. The molecule has 20 heavy (non-hydrogen) atoms. The van der Waals surface area contributed by atoms with Crippen molar-refractivity contribution in [1.82, 2.24) is 5.32 Å². The molecule has 1 aliphatic heterocycles. The van der Waals surface area contributed by atoms with Crippen LogP contribution < -0.4 is 10.1 Å². The molecule has 2 atom stereocenters. The number of hydrogen-bond donors (Lipinski definition) is 1. The van der Waals surface area contributed by atoms with E-state index in [4.69, 9.17) is 4.74 Å². The van der Waals surface area contributed by atoms with Gasteiger partial charge in [0.05, 0.1) is 0 Å². The number of rotatable bonds is 2. The lowest BCUT2D eigenvalue weighted by Crippen LogP contribution is -2.26. The summed E-state index contributed by atoms with van der Waals surface area (Å²) in [4.78, 5) is 0. The maximum absolute atomic E-state index is 13.4. The van der Waals surface area contributed by atoms with Gasteiger partial charge in [0.15, 0.2) is 0 Å². The van der Waals surface area contributed by atoms with Gasteiger partial charge in [-0.05, 0) is 42.9 Å². The molecule has 1 aliphatic rings. The van der Waals surface area contributed by atoms with Crippen LogP contribution in [0.4, 0.5) is 4.39 Å². The van der Waals surface area contributed by atoms with Crippen LogP contribution in [0.2, 0.25) is 0 Å². The third kappa shape index (κ3) is 2.58. The smallest absolute Gasteiger partial charge is 0.126 e. The highest BCUT2D eigenvalue weighted by molar-refractivity contribution is 9.10. The van der Waals surface area contributed by atoms with E-state index in [9.17, 15) is 4.39 Å². The summed E-state index contributed by atoms with van der Waals surface area (Å²) in [6.07, 6.45) is 0.756. The minimum absolute atomic E-state index is 0.0251. The van der Waals surface area contributed by atoms with Crippen LogP contribution in [-0.2, 0) is 0 Å². The Bertz CT molecular complexity index is 632. The predicted molar refractivity (Wildman–Crippen MR) is 80.3 cm³/mol.